The number of aromatic nitrogens is 1. The molecule has 0 spiro atoms. The molecule has 1 unspecified atom stereocenters. The number of nitrogens with one attached hydrogen (secondary N) is 1. The molecule has 106 valence electrons. The second-order valence-electron chi connectivity index (χ2n) is 4.27. The highest BCUT2D eigenvalue weighted by Gasteiger charge is 2.22. The maximum absolute atomic E-state index is 13.5. The summed E-state index contributed by atoms with van der Waals surface area (Å²) < 4.78 is 40.1. The van der Waals surface area contributed by atoms with Crippen molar-refractivity contribution < 1.29 is 12.8 Å². The number of halogens is 1. The number of sulfonamides is 1. The largest absolute Gasteiger partial charge is 0.324 e. The van der Waals surface area contributed by atoms with Crippen molar-refractivity contribution in [3.63, 3.8) is 0 Å². The van der Waals surface area contributed by atoms with E-state index in [9.17, 15) is 12.8 Å². The zero-order valence-corrected chi connectivity index (χ0v) is 11.6. The van der Waals surface area contributed by atoms with Gasteiger partial charge in [0.25, 0.3) is 10.0 Å². The summed E-state index contributed by atoms with van der Waals surface area (Å²) in [5.74, 6) is -0.904. The summed E-state index contributed by atoms with van der Waals surface area (Å²) in [6.45, 7) is 1.73. The molecule has 5 nitrogen and oxygen atoms in total. The summed E-state index contributed by atoms with van der Waals surface area (Å²) in [4.78, 5) is 3.56. The van der Waals surface area contributed by atoms with Gasteiger partial charge in [-0.25, -0.2) is 9.37 Å². The van der Waals surface area contributed by atoms with Crippen LogP contribution in [0.4, 0.5) is 10.1 Å². The van der Waals surface area contributed by atoms with E-state index < -0.39 is 20.9 Å². The van der Waals surface area contributed by atoms with Crippen LogP contribution in [0.5, 0.6) is 0 Å². The summed E-state index contributed by atoms with van der Waals surface area (Å²) in [7, 11) is -4.09. The molecule has 0 fully saturated rings. The van der Waals surface area contributed by atoms with Crippen molar-refractivity contribution in [2.75, 3.05) is 4.72 Å². The van der Waals surface area contributed by atoms with E-state index >= 15 is 0 Å². The molecule has 0 saturated carbocycles. The molecule has 20 heavy (non-hydrogen) atoms. The first-order chi connectivity index (χ1) is 9.42. The van der Waals surface area contributed by atoms with Gasteiger partial charge in [-0.2, -0.15) is 8.42 Å². The van der Waals surface area contributed by atoms with Gasteiger partial charge in [0.05, 0.1) is 5.69 Å². The SMILES string of the molecule is CC(N)c1ccccc1NS(=O)(=O)c1ncccc1F. The Morgan fingerprint density at radius 1 is 1.25 bits per heavy atom. The molecule has 2 rings (SSSR count). The van der Waals surface area contributed by atoms with Crippen LogP contribution in [-0.2, 0) is 10.0 Å². The minimum atomic E-state index is -4.09. The zero-order chi connectivity index (χ0) is 14.8. The number of hydrogen-bond donors (Lipinski definition) is 2. The molecule has 1 aromatic heterocycles. The second-order valence-corrected chi connectivity index (χ2v) is 5.87. The van der Waals surface area contributed by atoms with Crippen LogP contribution in [0.1, 0.15) is 18.5 Å². The fourth-order valence-corrected chi connectivity index (χ4v) is 2.85. The van der Waals surface area contributed by atoms with E-state index in [2.05, 4.69) is 9.71 Å². The van der Waals surface area contributed by atoms with E-state index in [-0.39, 0.29) is 6.04 Å². The average Bonchev–Trinajstić information content (AvgIpc) is 2.39. The first-order valence-corrected chi connectivity index (χ1v) is 7.38. The predicted molar refractivity (Wildman–Crippen MR) is 74.0 cm³/mol. The molecule has 7 heteroatoms. The van der Waals surface area contributed by atoms with Gasteiger partial charge in [0.2, 0.25) is 5.03 Å². The lowest BCUT2D eigenvalue weighted by molar-refractivity contribution is 0.556. The molecule has 1 heterocycles. The average molecular weight is 295 g/mol. The number of para-hydroxylation sites is 1. The van der Waals surface area contributed by atoms with Crippen molar-refractivity contribution >= 4 is 15.7 Å². The molecular weight excluding hydrogens is 281 g/mol. The second kappa shape index (κ2) is 5.56. The molecule has 0 bridgehead atoms. The summed E-state index contributed by atoms with van der Waals surface area (Å²) in [6, 6.07) is 8.69. The Morgan fingerprint density at radius 2 is 1.95 bits per heavy atom. The van der Waals surface area contributed by atoms with E-state index in [0.717, 1.165) is 6.07 Å². The monoisotopic (exact) mass is 295 g/mol. The Kier molecular flexibility index (Phi) is 4.01. The van der Waals surface area contributed by atoms with Gasteiger partial charge in [-0.1, -0.05) is 18.2 Å². The standard InChI is InChI=1S/C13H14FN3O2S/c1-9(15)10-5-2-3-7-12(10)17-20(18,19)13-11(14)6-4-8-16-13/h2-9,17H,15H2,1H3. The zero-order valence-electron chi connectivity index (χ0n) is 10.7. The molecule has 0 aliphatic rings. The van der Waals surface area contributed by atoms with Crippen molar-refractivity contribution in [2.24, 2.45) is 5.73 Å². The lowest BCUT2D eigenvalue weighted by Crippen LogP contribution is -2.18. The van der Waals surface area contributed by atoms with Gasteiger partial charge in [-0.15, -0.1) is 0 Å². The van der Waals surface area contributed by atoms with Gasteiger partial charge in [0.15, 0.2) is 5.82 Å². The van der Waals surface area contributed by atoms with Gasteiger partial charge in [0, 0.05) is 12.2 Å². The van der Waals surface area contributed by atoms with Gasteiger partial charge >= 0.3 is 0 Å². The molecule has 1 aromatic carbocycles. The van der Waals surface area contributed by atoms with Crippen LogP contribution in [-0.4, -0.2) is 13.4 Å². The highest BCUT2D eigenvalue weighted by Crippen LogP contribution is 2.24. The van der Waals surface area contributed by atoms with Crippen LogP contribution in [0.3, 0.4) is 0 Å². The number of nitrogens with zero attached hydrogens (tertiary/aromatic N) is 1. The molecule has 0 aliphatic heterocycles. The van der Waals surface area contributed by atoms with Gasteiger partial charge < -0.3 is 5.73 Å². The quantitative estimate of drug-likeness (QED) is 0.904. The van der Waals surface area contributed by atoms with E-state index in [4.69, 9.17) is 5.73 Å². The maximum Gasteiger partial charge on any atom is 0.282 e. The predicted octanol–water partition coefficient (Wildman–Crippen LogP) is 2.04. The van der Waals surface area contributed by atoms with Crippen molar-refractivity contribution in [1.82, 2.24) is 4.98 Å². The topological polar surface area (TPSA) is 85.1 Å². The smallest absolute Gasteiger partial charge is 0.282 e. The molecule has 2 aromatic rings. The van der Waals surface area contributed by atoms with Crippen LogP contribution in [0.15, 0.2) is 47.6 Å². The Labute approximate surface area is 116 Å². The number of pyridine rings is 1. The Bertz CT molecular complexity index is 717. The maximum atomic E-state index is 13.5. The van der Waals surface area contributed by atoms with Crippen molar-refractivity contribution in [3.8, 4) is 0 Å². The molecule has 0 aliphatic carbocycles. The number of rotatable bonds is 4. The van der Waals surface area contributed by atoms with Crippen LogP contribution >= 0.6 is 0 Å². The van der Waals surface area contributed by atoms with Crippen LogP contribution in [0.25, 0.3) is 0 Å². The summed E-state index contributed by atoms with van der Waals surface area (Å²) >= 11 is 0. The molecule has 0 radical (unpaired) electrons. The third-order valence-corrected chi connectivity index (χ3v) is 3.97. The molecule has 3 N–H and O–H groups in total. The summed E-state index contributed by atoms with van der Waals surface area (Å²) in [6.07, 6.45) is 1.22. The molecule has 0 saturated heterocycles. The van der Waals surface area contributed by atoms with Crippen molar-refractivity contribution in [3.05, 3.63) is 54.0 Å². The van der Waals surface area contributed by atoms with Crippen molar-refractivity contribution in [1.29, 1.82) is 0 Å². The Morgan fingerprint density at radius 3 is 2.60 bits per heavy atom. The highest BCUT2D eigenvalue weighted by atomic mass is 32.2. The molecular formula is C13H14FN3O2S. The summed E-state index contributed by atoms with van der Waals surface area (Å²) in [5, 5.41) is -0.639. The molecule has 0 amide bonds. The third-order valence-electron chi connectivity index (χ3n) is 2.67. The van der Waals surface area contributed by atoms with Gasteiger partial charge in [0.1, 0.15) is 0 Å². The van der Waals surface area contributed by atoms with Gasteiger partial charge in [-0.3, -0.25) is 4.72 Å². The number of anilines is 1. The van der Waals surface area contributed by atoms with E-state index in [0.29, 0.717) is 11.3 Å². The Hall–Kier alpha value is -1.99. The van der Waals surface area contributed by atoms with Crippen LogP contribution in [0.2, 0.25) is 0 Å². The number of nitrogens with two attached hydrogens (primary N) is 1. The lowest BCUT2D eigenvalue weighted by atomic mass is 10.1. The third kappa shape index (κ3) is 2.94. The van der Waals surface area contributed by atoms with Gasteiger partial charge in [-0.05, 0) is 30.7 Å². The molecule has 1 atom stereocenters. The Balaban J connectivity index is 2.42. The fourth-order valence-electron chi connectivity index (χ4n) is 1.75. The summed E-state index contributed by atoms with van der Waals surface area (Å²) in [5.41, 5.74) is 6.71. The minimum absolute atomic E-state index is 0.313. The van der Waals surface area contributed by atoms with E-state index in [1.165, 1.54) is 12.3 Å². The highest BCUT2D eigenvalue weighted by molar-refractivity contribution is 7.92. The first kappa shape index (κ1) is 14.4. The van der Waals surface area contributed by atoms with E-state index in [1.54, 1.807) is 31.2 Å². The fraction of sp³-hybridized carbons (Fsp3) is 0.154. The lowest BCUT2D eigenvalue weighted by Gasteiger charge is -2.14. The number of benzene rings is 1. The first-order valence-electron chi connectivity index (χ1n) is 5.89. The van der Waals surface area contributed by atoms with Crippen molar-refractivity contribution in [2.45, 2.75) is 18.0 Å². The van der Waals surface area contributed by atoms with Crippen LogP contribution < -0.4 is 10.5 Å². The normalized spacial score (nSPS) is 12.9. The van der Waals surface area contributed by atoms with E-state index in [1.807, 2.05) is 0 Å². The van der Waals surface area contributed by atoms with Crippen LogP contribution in [0, 0.1) is 5.82 Å². The number of hydrogen-bond acceptors (Lipinski definition) is 4. The minimum Gasteiger partial charge on any atom is -0.324 e.